The van der Waals surface area contributed by atoms with Crippen molar-refractivity contribution in [2.45, 2.75) is 31.6 Å². The SMILES string of the molecule is CCCn1c(SCC(=O)NCc2ccccc2)nnc1-c1cccnc1. The lowest BCUT2D eigenvalue weighted by Crippen LogP contribution is -2.24. The van der Waals surface area contributed by atoms with Crippen LogP contribution in [0.2, 0.25) is 0 Å². The van der Waals surface area contributed by atoms with E-state index in [0.717, 1.165) is 35.1 Å². The summed E-state index contributed by atoms with van der Waals surface area (Å²) in [5.41, 5.74) is 2.01. The molecule has 134 valence electrons. The molecule has 0 spiro atoms. The average Bonchev–Trinajstić information content (AvgIpc) is 3.09. The van der Waals surface area contributed by atoms with Crippen LogP contribution in [0.15, 0.2) is 60.0 Å². The molecule has 2 heterocycles. The summed E-state index contributed by atoms with van der Waals surface area (Å²) in [5, 5.41) is 12.2. The summed E-state index contributed by atoms with van der Waals surface area (Å²) in [5.74, 6) is 1.07. The van der Waals surface area contributed by atoms with Gasteiger partial charge in [0.1, 0.15) is 0 Å². The summed E-state index contributed by atoms with van der Waals surface area (Å²) < 4.78 is 2.05. The van der Waals surface area contributed by atoms with Gasteiger partial charge in [-0.3, -0.25) is 9.78 Å². The number of carbonyl (C=O) groups is 1. The number of thioether (sulfide) groups is 1. The van der Waals surface area contributed by atoms with Gasteiger partial charge in [0.15, 0.2) is 11.0 Å². The number of hydrogen-bond donors (Lipinski definition) is 1. The summed E-state index contributed by atoms with van der Waals surface area (Å²) in [6.07, 6.45) is 4.47. The van der Waals surface area contributed by atoms with E-state index >= 15 is 0 Å². The van der Waals surface area contributed by atoms with Gasteiger partial charge >= 0.3 is 0 Å². The first kappa shape index (κ1) is 18.1. The minimum Gasteiger partial charge on any atom is -0.351 e. The number of rotatable bonds is 8. The molecule has 0 saturated heterocycles. The average molecular weight is 367 g/mol. The highest BCUT2D eigenvalue weighted by molar-refractivity contribution is 7.99. The highest BCUT2D eigenvalue weighted by Crippen LogP contribution is 2.23. The second-order valence-electron chi connectivity index (χ2n) is 5.75. The Hall–Kier alpha value is -2.67. The molecule has 1 amide bonds. The standard InChI is InChI=1S/C19H21N5OS/c1-2-11-24-18(16-9-6-10-20-13-16)22-23-19(24)26-14-17(25)21-12-15-7-4-3-5-8-15/h3-10,13H,2,11-12,14H2,1H3,(H,21,25). The predicted molar refractivity (Wildman–Crippen MR) is 103 cm³/mol. The van der Waals surface area contributed by atoms with Crippen LogP contribution in [0.3, 0.4) is 0 Å². The zero-order valence-corrected chi connectivity index (χ0v) is 15.4. The minimum atomic E-state index is -0.0205. The van der Waals surface area contributed by atoms with E-state index in [1.54, 1.807) is 12.4 Å². The molecule has 1 aromatic carbocycles. The molecule has 0 atom stereocenters. The predicted octanol–water partition coefficient (Wildman–Crippen LogP) is 3.16. The Morgan fingerprint density at radius 3 is 2.73 bits per heavy atom. The van der Waals surface area contributed by atoms with Gasteiger partial charge in [0.05, 0.1) is 5.75 Å². The zero-order valence-electron chi connectivity index (χ0n) is 14.6. The van der Waals surface area contributed by atoms with Crippen molar-refractivity contribution in [1.29, 1.82) is 0 Å². The number of nitrogens with one attached hydrogen (secondary N) is 1. The molecule has 0 bridgehead atoms. The van der Waals surface area contributed by atoms with Gasteiger partial charge in [-0.2, -0.15) is 0 Å². The van der Waals surface area contributed by atoms with Crippen molar-refractivity contribution >= 4 is 17.7 Å². The van der Waals surface area contributed by atoms with Crippen LogP contribution in [0.1, 0.15) is 18.9 Å². The molecule has 3 aromatic rings. The van der Waals surface area contributed by atoms with Gasteiger partial charge in [0, 0.05) is 31.0 Å². The first-order valence-corrected chi connectivity index (χ1v) is 9.53. The largest absolute Gasteiger partial charge is 0.351 e. The summed E-state index contributed by atoms with van der Waals surface area (Å²) in [6.45, 7) is 3.43. The van der Waals surface area contributed by atoms with E-state index in [-0.39, 0.29) is 5.91 Å². The van der Waals surface area contributed by atoms with Crippen LogP contribution in [-0.2, 0) is 17.9 Å². The lowest BCUT2D eigenvalue weighted by molar-refractivity contribution is -0.118. The van der Waals surface area contributed by atoms with Crippen LogP contribution in [0.4, 0.5) is 0 Å². The number of nitrogens with zero attached hydrogens (tertiary/aromatic N) is 4. The molecule has 0 fully saturated rings. The summed E-state index contributed by atoms with van der Waals surface area (Å²) in [7, 11) is 0. The fraction of sp³-hybridized carbons (Fsp3) is 0.263. The highest BCUT2D eigenvalue weighted by Gasteiger charge is 2.15. The molecule has 0 unspecified atom stereocenters. The molecule has 3 rings (SSSR count). The fourth-order valence-corrected chi connectivity index (χ4v) is 3.30. The number of benzene rings is 1. The third-order valence-corrected chi connectivity index (χ3v) is 4.72. The highest BCUT2D eigenvalue weighted by atomic mass is 32.2. The Morgan fingerprint density at radius 2 is 2.00 bits per heavy atom. The Labute approximate surface area is 157 Å². The van der Waals surface area contributed by atoms with E-state index in [4.69, 9.17) is 0 Å². The van der Waals surface area contributed by atoms with Crippen LogP contribution in [0.25, 0.3) is 11.4 Å². The van der Waals surface area contributed by atoms with E-state index in [0.29, 0.717) is 12.3 Å². The summed E-state index contributed by atoms with van der Waals surface area (Å²) in [4.78, 5) is 16.3. The molecule has 0 aliphatic carbocycles. The van der Waals surface area contributed by atoms with Crippen LogP contribution in [0.5, 0.6) is 0 Å². The van der Waals surface area contributed by atoms with Crippen LogP contribution >= 0.6 is 11.8 Å². The van der Waals surface area contributed by atoms with Crippen molar-refractivity contribution in [3.8, 4) is 11.4 Å². The maximum absolute atomic E-state index is 12.1. The Bertz CT molecular complexity index is 836. The van der Waals surface area contributed by atoms with Gasteiger partial charge in [0.2, 0.25) is 5.91 Å². The van der Waals surface area contributed by atoms with Crippen molar-refractivity contribution in [1.82, 2.24) is 25.1 Å². The lowest BCUT2D eigenvalue weighted by atomic mass is 10.2. The van der Waals surface area contributed by atoms with Gasteiger partial charge in [-0.25, -0.2) is 0 Å². The first-order valence-electron chi connectivity index (χ1n) is 8.55. The number of aromatic nitrogens is 4. The first-order chi connectivity index (χ1) is 12.8. The fourth-order valence-electron chi connectivity index (χ4n) is 2.51. The maximum Gasteiger partial charge on any atom is 0.230 e. The van der Waals surface area contributed by atoms with E-state index in [9.17, 15) is 4.79 Å². The smallest absolute Gasteiger partial charge is 0.230 e. The van der Waals surface area contributed by atoms with Gasteiger partial charge in [0.25, 0.3) is 0 Å². The van der Waals surface area contributed by atoms with E-state index in [1.165, 1.54) is 11.8 Å². The molecule has 2 aromatic heterocycles. The summed E-state index contributed by atoms with van der Waals surface area (Å²) in [6, 6.07) is 13.7. The Kier molecular flexibility index (Phi) is 6.38. The van der Waals surface area contributed by atoms with E-state index in [2.05, 4.69) is 27.4 Å². The summed E-state index contributed by atoms with van der Waals surface area (Å²) >= 11 is 1.40. The molecule has 26 heavy (non-hydrogen) atoms. The number of pyridine rings is 1. The maximum atomic E-state index is 12.1. The van der Waals surface area contributed by atoms with Crippen molar-refractivity contribution in [2.24, 2.45) is 0 Å². The van der Waals surface area contributed by atoms with Crippen LogP contribution in [-0.4, -0.2) is 31.4 Å². The molecule has 0 aliphatic rings. The van der Waals surface area contributed by atoms with Gasteiger partial charge in [-0.15, -0.1) is 10.2 Å². The van der Waals surface area contributed by atoms with Gasteiger partial charge in [-0.05, 0) is 24.1 Å². The molecular weight excluding hydrogens is 346 g/mol. The van der Waals surface area contributed by atoms with Crippen molar-refractivity contribution in [3.05, 3.63) is 60.4 Å². The molecule has 0 radical (unpaired) electrons. The molecule has 0 aliphatic heterocycles. The number of amides is 1. The van der Waals surface area contributed by atoms with Crippen molar-refractivity contribution < 1.29 is 4.79 Å². The second-order valence-corrected chi connectivity index (χ2v) is 6.69. The normalized spacial score (nSPS) is 10.7. The Morgan fingerprint density at radius 1 is 1.15 bits per heavy atom. The topological polar surface area (TPSA) is 72.7 Å². The van der Waals surface area contributed by atoms with Gasteiger partial charge in [-0.1, -0.05) is 49.0 Å². The third kappa shape index (κ3) is 4.70. The molecule has 6 nitrogen and oxygen atoms in total. The van der Waals surface area contributed by atoms with Crippen LogP contribution < -0.4 is 5.32 Å². The number of carbonyl (C=O) groups excluding carboxylic acids is 1. The Balaban J connectivity index is 1.62. The second kappa shape index (κ2) is 9.15. The number of hydrogen-bond acceptors (Lipinski definition) is 5. The van der Waals surface area contributed by atoms with E-state index < -0.39 is 0 Å². The van der Waals surface area contributed by atoms with Crippen molar-refractivity contribution in [2.75, 3.05) is 5.75 Å². The third-order valence-electron chi connectivity index (χ3n) is 3.75. The van der Waals surface area contributed by atoms with Gasteiger partial charge < -0.3 is 9.88 Å². The quantitative estimate of drug-likeness (QED) is 0.619. The van der Waals surface area contributed by atoms with E-state index in [1.807, 2.05) is 47.0 Å². The minimum absolute atomic E-state index is 0.0205. The molecule has 0 saturated carbocycles. The molecule has 1 N–H and O–H groups in total. The zero-order chi connectivity index (χ0) is 18.2. The lowest BCUT2D eigenvalue weighted by Gasteiger charge is -2.09. The monoisotopic (exact) mass is 367 g/mol. The molecular formula is C19H21N5OS. The van der Waals surface area contributed by atoms with Crippen LogP contribution in [0, 0.1) is 0 Å². The molecule has 7 heteroatoms. The van der Waals surface area contributed by atoms with Crippen molar-refractivity contribution in [3.63, 3.8) is 0 Å².